The van der Waals surface area contributed by atoms with Crippen molar-refractivity contribution in [1.82, 2.24) is 14.9 Å². The number of rotatable bonds is 5. The van der Waals surface area contributed by atoms with Crippen LogP contribution in [0.25, 0.3) is 10.9 Å². The molecule has 0 spiro atoms. The second kappa shape index (κ2) is 9.37. The lowest BCUT2D eigenvalue weighted by molar-refractivity contribution is 0.0364. The van der Waals surface area contributed by atoms with Gasteiger partial charge in [-0.25, -0.2) is 19.7 Å². The normalized spacial score (nSPS) is 18.9. The van der Waals surface area contributed by atoms with Gasteiger partial charge in [-0.05, 0) is 43.3 Å². The summed E-state index contributed by atoms with van der Waals surface area (Å²) in [7, 11) is 2.06. The van der Waals surface area contributed by atoms with Crippen LogP contribution in [-0.2, 0) is 11.4 Å². The molecule has 5 rings (SSSR count). The average Bonchev–Trinajstić information content (AvgIpc) is 3.32. The van der Waals surface area contributed by atoms with E-state index in [0.717, 1.165) is 31.7 Å². The summed E-state index contributed by atoms with van der Waals surface area (Å²) in [6.07, 6.45) is 2.09. The largest absolute Gasteiger partial charge is 0.367 e. The van der Waals surface area contributed by atoms with Crippen molar-refractivity contribution in [2.24, 2.45) is 4.99 Å². The number of aliphatic imine (C=N–C) groups is 1. The highest BCUT2D eigenvalue weighted by molar-refractivity contribution is 6.30. The van der Waals surface area contributed by atoms with Crippen molar-refractivity contribution < 1.29 is 9.23 Å². The van der Waals surface area contributed by atoms with E-state index in [1.165, 1.54) is 6.07 Å². The highest BCUT2D eigenvalue weighted by Crippen LogP contribution is 2.27. The lowest BCUT2D eigenvalue weighted by Crippen LogP contribution is -2.44. The zero-order valence-electron chi connectivity index (χ0n) is 19.2. The van der Waals surface area contributed by atoms with Gasteiger partial charge in [0.25, 0.3) is 0 Å². The molecule has 1 fully saturated rings. The predicted molar refractivity (Wildman–Crippen MR) is 133 cm³/mol. The lowest BCUT2D eigenvalue weighted by Gasteiger charge is -2.34. The molecule has 2 aromatic carbocycles. The fourth-order valence-corrected chi connectivity index (χ4v) is 4.52. The van der Waals surface area contributed by atoms with Gasteiger partial charge in [0.2, 0.25) is 0 Å². The number of nitrogens with one attached hydrogen (secondary N) is 1. The summed E-state index contributed by atoms with van der Waals surface area (Å²) in [5.74, 6) is -0.0273. The molecule has 2 aliphatic heterocycles. The molecule has 2 aliphatic rings. The Hall–Kier alpha value is -2.94. The summed E-state index contributed by atoms with van der Waals surface area (Å²) < 4.78 is 17.3. The SMILES string of the molecule is CCC1N=C(c2cn(Cc3ccc(Cl)cc3)c3cc(N4CCN(C)CC4)c(F)cc3c2=O)NO1. The number of pyridine rings is 1. The molecule has 1 atom stereocenters. The number of nitrogens with zero attached hydrogens (tertiary/aromatic N) is 4. The molecule has 3 aromatic rings. The van der Waals surface area contributed by atoms with Gasteiger partial charge in [0.05, 0.1) is 16.8 Å². The van der Waals surface area contributed by atoms with E-state index in [0.29, 0.717) is 46.0 Å². The zero-order valence-corrected chi connectivity index (χ0v) is 20.0. The van der Waals surface area contributed by atoms with Crippen LogP contribution in [0.15, 0.2) is 52.4 Å². The van der Waals surface area contributed by atoms with Crippen molar-refractivity contribution in [2.45, 2.75) is 26.1 Å². The first-order valence-electron chi connectivity index (χ1n) is 11.5. The van der Waals surface area contributed by atoms with Gasteiger partial charge in [-0.1, -0.05) is 30.7 Å². The summed E-state index contributed by atoms with van der Waals surface area (Å²) in [6, 6.07) is 10.7. The lowest BCUT2D eigenvalue weighted by atomic mass is 10.1. The number of halogens is 2. The molecule has 9 heteroatoms. The molecule has 178 valence electrons. The van der Waals surface area contributed by atoms with Crippen LogP contribution in [0.3, 0.4) is 0 Å². The van der Waals surface area contributed by atoms with Gasteiger partial charge in [0, 0.05) is 49.3 Å². The molecule has 1 N–H and O–H groups in total. The summed E-state index contributed by atoms with van der Waals surface area (Å²) in [6.45, 7) is 5.62. The highest BCUT2D eigenvalue weighted by atomic mass is 35.5. The third-order valence-electron chi connectivity index (χ3n) is 6.43. The molecule has 3 heterocycles. The Morgan fingerprint density at radius 1 is 1.18 bits per heavy atom. The van der Waals surface area contributed by atoms with Crippen molar-refractivity contribution in [3.63, 3.8) is 0 Å². The summed E-state index contributed by atoms with van der Waals surface area (Å²) in [5.41, 5.74) is 5.04. The summed E-state index contributed by atoms with van der Waals surface area (Å²) >= 11 is 6.07. The van der Waals surface area contributed by atoms with Crippen LogP contribution in [0.4, 0.5) is 10.1 Å². The molecule has 0 bridgehead atoms. The number of piperazine rings is 1. The maximum atomic E-state index is 15.3. The molecule has 0 amide bonds. The van der Waals surface area contributed by atoms with Crippen LogP contribution in [0.1, 0.15) is 24.5 Å². The van der Waals surface area contributed by atoms with Crippen molar-refractivity contribution in [3.05, 3.63) is 74.8 Å². The number of benzene rings is 2. The number of hydrogen-bond donors (Lipinski definition) is 1. The smallest absolute Gasteiger partial charge is 0.200 e. The Labute approximate surface area is 202 Å². The van der Waals surface area contributed by atoms with Gasteiger partial charge in [-0.3, -0.25) is 4.79 Å². The molecule has 1 saturated heterocycles. The third-order valence-corrected chi connectivity index (χ3v) is 6.68. The number of hydrogen-bond acceptors (Lipinski definition) is 6. The maximum Gasteiger partial charge on any atom is 0.200 e. The minimum absolute atomic E-state index is 0.280. The second-order valence-electron chi connectivity index (χ2n) is 8.80. The van der Waals surface area contributed by atoms with Gasteiger partial charge in [-0.2, -0.15) is 0 Å². The van der Waals surface area contributed by atoms with Crippen LogP contribution in [0.5, 0.6) is 0 Å². The van der Waals surface area contributed by atoms with E-state index in [2.05, 4.69) is 22.4 Å². The van der Waals surface area contributed by atoms with Crippen LogP contribution in [0.2, 0.25) is 5.02 Å². The molecule has 1 unspecified atom stereocenters. The molecular weight excluding hydrogens is 457 g/mol. The summed E-state index contributed by atoms with van der Waals surface area (Å²) in [4.78, 5) is 27.6. The number of likely N-dealkylation sites (N-methyl/N-ethyl adjacent to an activating group) is 1. The van der Waals surface area contributed by atoms with E-state index in [-0.39, 0.29) is 11.7 Å². The van der Waals surface area contributed by atoms with Crippen LogP contribution < -0.4 is 15.8 Å². The van der Waals surface area contributed by atoms with Gasteiger partial charge in [-0.15, -0.1) is 0 Å². The Morgan fingerprint density at radius 2 is 1.91 bits per heavy atom. The first-order valence-corrected chi connectivity index (χ1v) is 11.8. The fourth-order valence-electron chi connectivity index (χ4n) is 4.39. The second-order valence-corrected chi connectivity index (χ2v) is 9.23. The van der Waals surface area contributed by atoms with Crippen molar-refractivity contribution >= 4 is 34.0 Å². The molecule has 0 aliphatic carbocycles. The quantitative estimate of drug-likeness (QED) is 0.600. The Morgan fingerprint density at radius 3 is 2.59 bits per heavy atom. The van der Waals surface area contributed by atoms with E-state index < -0.39 is 5.82 Å². The van der Waals surface area contributed by atoms with Gasteiger partial charge in [0.15, 0.2) is 17.5 Å². The summed E-state index contributed by atoms with van der Waals surface area (Å²) in [5, 5.41) is 0.965. The maximum absolute atomic E-state index is 15.3. The number of fused-ring (bicyclic) bond motifs is 1. The first kappa shape index (κ1) is 22.8. The van der Waals surface area contributed by atoms with Gasteiger partial charge in [0.1, 0.15) is 5.82 Å². The predicted octanol–water partition coefficient (Wildman–Crippen LogP) is 3.61. The zero-order chi connectivity index (χ0) is 23.8. The third kappa shape index (κ3) is 4.41. The molecule has 0 saturated carbocycles. The van der Waals surface area contributed by atoms with E-state index in [1.807, 2.05) is 40.7 Å². The van der Waals surface area contributed by atoms with Gasteiger partial charge >= 0.3 is 0 Å². The Balaban J connectivity index is 1.66. The molecule has 34 heavy (non-hydrogen) atoms. The highest BCUT2D eigenvalue weighted by Gasteiger charge is 2.24. The first-order chi connectivity index (χ1) is 16.4. The minimum Gasteiger partial charge on any atom is -0.367 e. The van der Waals surface area contributed by atoms with E-state index in [1.54, 1.807) is 12.3 Å². The molecular formula is C25H27ClFN5O2. The molecule has 1 aromatic heterocycles. The topological polar surface area (TPSA) is 62.1 Å². The van der Waals surface area contributed by atoms with Crippen molar-refractivity contribution in [2.75, 3.05) is 38.1 Å². The van der Waals surface area contributed by atoms with Crippen molar-refractivity contribution in [1.29, 1.82) is 0 Å². The molecule has 7 nitrogen and oxygen atoms in total. The van der Waals surface area contributed by atoms with E-state index in [9.17, 15) is 4.79 Å². The standard InChI is InChI=1S/C25H27ClFN5O2/c1-3-23-28-25(29-34-23)19-15-32(14-16-4-6-17(26)7-5-16)21-13-22(20(27)12-18(21)24(19)33)31-10-8-30(2)9-11-31/h4-7,12-13,15,23H,3,8-11,14H2,1-2H3,(H,28,29). The number of amidine groups is 1. The van der Waals surface area contributed by atoms with Crippen LogP contribution in [-0.4, -0.2) is 54.8 Å². The fraction of sp³-hybridized carbons (Fsp3) is 0.360. The molecule has 0 radical (unpaired) electrons. The Kier molecular flexibility index (Phi) is 6.29. The number of aromatic nitrogens is 1. The monoisotopic (exact) mass is 483 g/mol. The average molecular weight is 484 g/mol. The Bertz CT molecular complexity index is 1300. The van der Waals surface area contributed by atoms with E-state index >= 15 is 4.39 Å². The van der Waals surface area contributed by atoms with Gasteiger partial charge < -0.3 is 14.4 Å². The van der Waals surface area contributed by atoms with E-state index in [4.69, 9.17) is 16.4 Å². The van der Waals surface area contributed by atoms with Crippen molar-refractivity contribution in [3.8, 4) is 0 Å². The number of hydroxylamine groups is 1. The number of anilines is 1. The minimum atomic E-state index is -0.395. The van der Waals surface area contributed by atoms with Crippen LogP contribution in [0, 0.1) is 5.82 Å². The van der Waals surface area contributed by atoms with Crippen LogP contribution >= 0.6 is 11.6 Å².